The van der Waals surface area contributed by atoms with Crippen LogP contribution in [0.25, 0.3) is 88.1 Å². The topological polar surface area (TPSA) is 23.0 Å². The molecule has 0 aliphatic rings. The van der Waals surface area contributed by atoms with Gasteiger partial charge in [-0.25, -0.2) is 0 Å². The molecule has 10 rings (SSSR count). The normalized spacial score (nSPS) is 17.0. The molecule has 7 aromatic carbocycles. The van der Waals surface area contributed by atoms with Crippen LogP contribution < -0.4 is 0 Å². The van der Waals surface area contributed by atoms with Gasteiger partial charge in [0.05, 0.1) is 44.0 Å². The molecule has 210 valence electrons. The lowest BCUT2D eigenvalue weighted by Gasteiger charge is -2.10. The van der Waals surface area contributed by atoms with Crippen LogP contribution in [0.3, 0.4) is 0 Å². The Hall–Kier alpha value is -6.06. The number of hydrogen-bond acceptors (Lipinski definition) is 1. The van der Waals surface area contributed by atoms with E-state index in [9.17, 15) is 5.48 Å². The lowest BCUT2D eigenvalue weighted by Crippen LogP contribution is -1.95. The zero-order valence-electron chi connectivity index (χ0n) is 39.1. The molecule has 0 aliphatic carbocycles. The Bertz CT molecular complexity index is 3620. The van der Waals surface area contributed by atoms with Crippen molar-refractivity contribution in [1.29, 1.82) is 0 Å². The van der Waals surface area contributed by atoms with Gasteiger partial charge in [-0.15, -0.1) is 0 Å². The maximum Gasteiger partial charge on any atom is 0.137 e. The van der Waals surface area contributed by atoms with Crippen LogP contribution in [-0.2, 0) is 0 Å². The SMILES string of the molecule is [2H]c1c([2H])c([2H])c(-c2c([2H])c([2H])c(-n3c4ccccc4c4c5c6ccccc6n(-c6c([2H])c([2H])c7c(oc8c([2H])c([2H])c([2H])c([2H])c87)c6[2H])c5ccc43)c([2H])c2[2H])c([2H])c1[2H]. The fourth-order valence-corrected chi connectivity index (χ4v) is 6.32. The molecule has 0 unspecified atom stereocenters. The van der Waals surface area contributed by atoms with Crippen molar-refractivity contribution >= 4 is 65.6 Å². The zero-order chi connectivity index (χ0) is 43.4. The molecule has 45 heavy (non-hydrogen) atoms. The van der Waals surface area contributed by atoms with E-state index in [0.717, 1.165) is 0 Å². The van der Waals surface area contributed by atoms with Crippen molar-refractivity contribution < 1.29 is 26.3 Å². The molecule has 0 saturated heterocycles. The molecular formula is C42H26N2O. The van der Waals surface area contributed by atoms with Crippen molar-refractivity contribution in [2.45, 2.75) is 0 Å². The fourth-order valence-electron chi connectivity index (χ4n) is 6.32. The van der Waals surface area contributed by atoms with E-state index in [1.165, 1.54) is 0 Å². The van der Waals surface area contributed by atoms with Gasteiger partial charge in [-0.2, -0.15) is 0 Å². The van der Waals surface area contributed by atoms with Crippen LogP contribution in [0.2, 0.25) is 0 Å². The van der Waals surface area contributed by atoms with Gasteiger partial charge in [0.25, 0.3) is 0 Å². The summed E-state index contributed by atoms with van der Waals surface area (Å²) in [5.74, 6) is 0. The van der Waals surface area contributed by atoms with Gasteiger partial charge in [0, 0.05) is 49.7 Å². The third kappa shape index (κ3) is 3.46. The quantitative estimate of drug-likeness (QED) is 0.201. The summed E-state index contributed by atoms with van der Waals surface area (Å²) in [7, 11) is 0. The number of fused-ring (bicyclic) bond motifs is 10. The van der Waals surface area contributed by atoms with Gasteiger partial charge in [-0.05, 0) is 65.6 Å². The summed E-state index contributed by atoms with van der Waals surface area (Å²) in [6.45, 7) is 0. The molecular weight excluding hydrogens is 548 g/mol. The van der Waals surface area contributed by atoms with Gasteiger partial charge in [0.1, 0.15) is 11.2 Å². The van der Waals surface area contributed by atoms with Gasteiger partial charge in [-0.3, -0.25) is 0 Å². The Kier molecular flexibility index (Phi) is 2.81. The molecule has 0 spiro atoms. The second-order valence-electron chi connectivity index (χ2n) is 10.5. The van der Waals surface area contributed by atoms with E-state index >= 15 is 0 Å². The maximum absolute atomic E-state index is 9.45. The lowest BCUT2D eigenvalue weighted by molar-refractivity contribution is 0.668. The molecule has 0 amide bonds. The average Bonchev–Trinajstić information content (AvgIpc) is 3.93. The van der Waals surface area contributed by atoms with Gasteiger partial charge in [0.15, 0.2) is 0 Å². The number of rotatable bonds is 3. The van der Waals surface area contributed by atoms with Crippen LogP contribution in [0.1, 0.15) is 21.9 Å². The largest absolute Gasteiger partial charge is 0.456 e. The number of furan rings is 1. The minimum Gasteiger partial charge on any atom is -0.456 e. The molecule has 0 N–H and O–H groups in total. The van der Waals surface area contributed by atoms with Gasteiger partial charge in [0.2, 0.25) is 0 Å². The molecule has 3 heteroatoms. The first kappa shape index (κ1) is 13.7. The number of benzene rings is 7. The highest BCUT2D eigenvalue weighted by molar-refractivity contribution is 6.29. The first-order valence-corrected chi connectivity index (χ1v) is 14.1. The summed E-state index contributed by atoms with van der Waals surface area (Å²) >= 11 is 0. The Morgan fingerprint density at radius 1 is 0.422 bits per heavy atom. The minimum absolute atomic E-state index is 0.0380. The van der Waals surface area contributed by atoms with Crippen molar-refractivity contribution in [3.05, 3.63) is 157 Å². The van der Waals surface area contributed by atoms with Crippen LogP contribution in [0.5, 0.6) is 0 Å². The summed E-state index contributed by atoms with van der Waals surface area (Å²) in [5, 5.41) is 2.39. The van der Waals surface area contributed by atoms with E-state index in [4.69, 9.17) is 20.9 Å². The third-order valence-corrected chi connectivity index (χ3v) is 8.15. The van der Waals surface area contributed by atoms with Crippen LogP contribution in [0.4, 0.5) is 0 Å². The Morgan fingerprint density at radius 3 is 1.69 bits per heavy atom. The summed E-state index contributed by atoms with van der Waals surface area (Å²) in [6.07, 6.45) is 0. The summed E-state index contributed by atoms with van der Waals surface area (Å²) < 4.78 is 149. The molecule has 3 aromatic heterocycles. The minimum atomic E-state index is -0.677. The summed E-state index contributed by atoms with van der Waals surface area (Å²) in [6, 6.07) is 9.12. The van der Waals surface area contributed by atoms with Crippen LogP contribution in [0.15, 0.2) is 162 Å². The first-order valence-electron chi connectivity index (χ1n) is 22.1. The molecule has 10 aromatic rings. The predicted molar refractivity (Wildman–Crippen MR) is 188 cm³/mol. The molecule has 0 bridgehead atoms. The van der Waals surface area contributed by atoms with Crippen molar-refractivity contribution in [3.63, 3.8) is 0 Å². The summed E-state index contributed by atoms with van der Waals surface area (Å²) in [5.41, 5.74) is 0.503. The Labute approximate surface area is 281 Å². The molecule has 0 saturated carbocycles. The van der Waals surface area contributed by atoms with E-state index in [-0.39, 0.29) is 45.4 Å². The fraction of sp³-hybridized carbons (Fsp3) is 0. The highest BCUT2D eigenvalue weighted by atomic mass is 16.3. The first-order chi connectivity index (χ1) is 29.0. The maximum atomic E-state index is 9.45. The van der Waals surface area contributed by atoms with E-state index < -0.39 is 95.7 Å². The molecule has 0 aliphatic heterocycles. The van der Waals surface area contributed by atoms with Crippen LogP contribution >= 0.6 is 0 Å². The monoisotopic (exact) mass is 590 g/mol. The van der Waals surface area contributed by atoms with E-state index in [2.05, 4.69) is 0 Å². The Morgan fingerprint density at radius 2 is 0.978 bits per heavy atom. The molecule has 3 heterocycles. The second-order valence-corrected chi connectivity index (χ2v) is 10.5. The smallest absolute Gasteiger partial charge is 0.137 e. The average molecular weight is 591 g/mol. The highest BCUT2D eigenvalue weighted by Gasteiger charge is 2.21. The number of aromatic nitrogens is 2. The molecule has 0 radical (unpaired) electrons. The van der Waals surface area contributed by atoms with Crippen molar-refractivity contribution in [3.8, 4) is 22.5 Å². The highest BCUT2D eigenvalue weighted by Crippen LogP contribution is 2.43. The second kappa shape index (κ2) is 9.22. The standard InChI is InChI=1S/C42H26N2O/c1-2-10-27(11-3-1)28-18-20-29(21-19-28)43-35-15-7-4-13-33(35)41-37(43)24-25-38-42(41)34-14-5-8-16-36(34)44(38)30-22-23-32-31-12-6-9-17-39(31)45-40(32)26-30/h1-26H/i1D,2D,3D,6D,9D,10D,11D,12D,17D,18D,19D,20D,21D,22D,23D,26D. The number of para-hydroxylation sites is 3. The molecule has 3 nitrogen and oxygen atoms in total. The van der Waals surface area contributed by atoms with Crippen molar-refractivity contribution in [2.75, 3.05) is 0 Å². The molecule has 0 atom stereocenters. The van der Waals surface area contributed by atoms with Crippen molar-refractivity contribution in [1.82, 2.24) is 9.13 Å². The van der Waals surface area contributed by atoms with Gasteiger partial charge < -0.3 is 13.6 Å². The number of hydrogen-bond donors (Lipinski definition) is 0. The lowest BCUT2D eigenvalue weighted by atomic mass is 10.1. The Balaban J connectivity index is 1.31. The number of nitrogens with zero attached hydrogens (tertiary/aromatic N) is 2. The predicted octanol–water partition coefficient (Wildman–Crippen LogP) is 11.4. The van der Waals surface area contributed by atoms with Crippen LogP contribution in [-0.4, -0.2) is 9.13 Å². The molecule has 0 fully saturated rings. The van der Waals surface area contributed by atoms with Gasteiger partial charge >= 0.3 is 0 Å². The third-order valence-electron chi connectivity index (χ3n) is 8.15. The van der Waals surface area contributed by atoms with E-state index in [1.54, 1.807) is 51.6 Å². The zero-order valence-corrected chi connectivity index (χ0v) is 23.1. The van der Waals surface area contributed by atoms with E-state index in [0.29, 0.717) is 43.6 Å². The summed E-state index contributed by atoms with van der Waals surface area (Å²) in [4.78, 5) is 0. The van der Waals surface area contributed by atoms with E-state index in [1.807, 2.05) is 18.2 Å². The van der Waals surface area contributed by atoms with Gasteiger partial charge in [-0.1, -0.05) is 96.8 Å². The van der Waals surface area contributed by atoms with Crippen LogP contribution in [0, 0.1) is 0 Å². The van der Waals surface area contributed by atoms with Crippen molar-refractivity contribution in [2.24, 2.45) is 0 Å².